The quantitative estimate of drug-likeness (QED) is 0.869. The van der Waals surface area contributed by atoms with Gasteiger partial charge in [-0.05, 0) is 18.2 Å². The number of nitrogens with one attached hydrogen (secondary N) is 1. The van der Waals surface area contributed by atoms with Crippen LogP contribution in [0.1, 0.15) is 20.7 Å². The van der Waals surface area contributed by atoms with E-state index in [0.717, 1.165) is 6.07 Å². The van der Waals surface area contributed by atoms with Crippen LogP contribution in [0.5, 0.6) is 17.2 Å². The summed E-state index contributed by atoms with van der Waals surface area (Å²) in [6, 6.07) is 7.98. The maximum absolute atomic E-state index is 12.4. The molecule has 0 aliphatic heterocycles. The SMILES string of the molecule is COc1ccc(C(=O)Nc2ccc([O-])cc2C(=O)O)c(OC)c1. The van der Waals surface area contributed by atoms with Gasteiger partial charge in [-0.15, -0.1) is 5.75 Å². The fourth-order valence-electron chi connectivity index (χ4n) is 1.99. The number of aromatic carboxylic acids is 1. The van der Waals surface area contributed by atoms with Crippen LogP contribution in [-0.4, -0.2) is 31.2 Å². The molecular formula is C16H14NO6-. The van der Waals surface area contributed by atoms with Crippen molar-refractivity contribution in [3.8, 4) is 17.2 Å². The van der Waals surface area contributed by atoms with Gasteiger partial charge in [0.05, 0.1) is 31.0 Å². The van der Waals surface area contributed by atoms with Gasteiger partial charge in [0.1, 0.15) is 11.5 Å². The molecule has 0 heterocycles. The molecule has 0 atom stereocenters. The third-order valence-corrected chi connectivity index (χ3v) is 3.12. The molecular weight excluding hydrogens is 302 g/mol. The summed E-state index contributed by atoms with van der Waals surface area (Å²) in [5, 5.41) is 22.8. The summed E-state index contributed by atoms with van der Waals surface area (Å²) in [5.74, 6) is -1.53. The molecule has 0 aromatic heterocycles. The fourth-order valence-corrected chi connectivity index (χ4v) is 1.99. The first-order valence-corrected chi connectivity index (χ1v) is 6.54. The number of hydrogen-bond donors (Lipinski definition) is 2. The number of carboxylic acids is 1. The summed E-state index contributed by atoms with van der Waals surface area (Å²) >= 11 is 0. The average Bonchev–Trinajstić information content (AvgIpc) is 2.55. The molecule has 0 aliphatic carbocycles. The van der Waals surface area contributed by atoms with Crippen LogP contribution in [0.2, 0.25) is 0 Å². The van der Waals surface area contributed by atoms with Crippen LogP contribution < -0.4 is 19.9 Å². The van der Waals surface area contributed by atoms with Gasteiger partial charge in [-0.25, -0.2) is 4.79 Å². The highest BCUT2D eigenvalue weighted by atomic mass is 16.5. The molecule has 120 valence electrons. The number of carbonyl (C=O) groups is 2. The van der Waals surface area contributed by atoms with Gasteiger partial charge in [0, 0.05) is 6.07 Å². The molecule has 0 saturated carbocycles. The van der Waals surface area contributed by atoms with Gasteiger partial charge in [0.2, 0.25) is 0 Å². The zero-order chi connectivity index (χ0) is 17.0. The highest BCUT2D eigenvalue weighted by Crippen LogP contribution is 2.26. The highest BCUT2D eigenvalue weighted by Gasteiger charge is 2.17. The van der Waals surface area contributed by atoms with Gasteiger partial charge in [0.15, 0.2) is 0 Å². The van der Waals surface area contributed by atoms with Crippen molar-refractivity contribution < 1.29 is 29.3 Å². The van der Waals surface area contributed by atoms with E-state index < -0.39 is 17.6 Å². The Balaban J connectivity index is 2.35. The summed E-state index contributed by atoms with van der Waals surface area (Å²) < 4.78 is 10.2. The molecule has 0 unspecified atom stereocenters. The Morgan fingerprint density at radius 1 is 1.04 bits per heavy atom. The van der Waals surface area contributed by atoms with Crippen LogP contribution >= 0.6 is 0 Å². The molecule has 0 spiro atoms. The molecule has 7 nitrogen and oxygen atoms in total. The van der Waals surface area contributed by atoms with E-state index in [1.54, 1.807) is 6.07 Å². The van der Waals surface area contributed by atoms with E-state index in [2.05, 4.69) is 5.32 Å². The Labute approximate surface area is 132 Å². The zero-order valence-corrected chi connectivity index (χ0v) is 12.5. The minimum atomic E-state index is -1.31. The van der Waals surface area contributed by atoms with Crippen LogP contribution in [0.3, 0.4) is 0 Å². The lowest BCUT2D eigenvalue weighted by Gasteiger charge is -2.14. The van der Waals surface area contributed by atoms with E-state index in [1.165, 1.54) is 38.5 Å². The maximum Gasteiger partial charge on any atom is 0.337 e. The van der Waals surface area contributed by atoms with Crippen LogP contribution in [0.25, 0.3) is 0 Å². The largest absolute Gasteiger partial charge is 0.872 e. The molecule has 2 N–H and O–H groups in total. The molecule has 0 radical (unpaired) electrons. The van der Waals surface area contributed by atoms with E-state index >= 15 is 0 Å². The number of amides is 1. The third-order valence-electron chi connectivity index (χ3n) is 3.12. The number of hydrogen-bond acceptors (Lipinski definition) is 5. The van der Waals surface area contributed by atoms with Gasteiger partial charge in [-0.1, -0.05) is 12.1 Å². The molecule has 0 fully saturated rings. The second-order valence-corrected chi connectivity index (χ2v) is 4.53. The van der Waals surface area contributed by atoms with Crippen molar-refractivity contribution >= 4 is 17.6 Å². The van der Waals surface area contributed by atoms with Gasteiger partial charge in [0.25, 0.3) is 5.91 Å². The summed E-state index contributed by atoms with van der Waals surface area (Å²) in [7, 11) is 2.89. The van der Waals surface area contributed by atoms with E-state index in [4.69, 9.17) is 14.6 Å². The summed E-state index contributed by atoms with van der Waals surface area (Å²) in [6.07, 6.45) is 0. The van der Waals surface area contributed by atoms with Crippen LogP contribution in [0.4, 0.5) is 5.69 Å². The molecule has 7 heteroatoms. The Kier molecular flexibility index (Phi) is 4.70. The summed E-state index contributed by atoms with van der Waals surface area (Å²) in [4.78, 5) is 23.5. The van der Waals surface area contributed by atoms with Gasteiger partial charge < -0.3 is 25.0 Å². The van der Waals surface area contributed by atoms with Crippen molar-refractivity contribution in [3.05, 3.63) is 47.5 Å². The highest BCUT2D eigenvalue weighted by molar-refractivity contribution is 6.09. The smallest absolute Gasteiger partial charge is 0.337 e. The maximum atomic E-state index is 12.4. The van der Waals surface area contributed by atoms with Crippen molar-refractivity contribution in [1.82, 2.24) is 0 Å². The second-order valence-electron chi connectivity index (χ2n) is 4.53. The van der Waals surface area contributed by atoms with Crippen molar-refractivity contribution in [2.24, 2.45) is 0 Å². The lowest BCUT2D eigenvalue weighted by molar-refractivity contribution is -0.268. The molecule has 2 aromatic rings. The first-order chi connectivity index (χ1) is 11.0. The number of carboxylic acid groups (broad SMARTS) is 1. The minimum absolute atomic E-state index is 0.0278. The molecule has 0 aliphatic rings. The molecule has 2 rings (SSSR count). The first kappa shape index (κ1) is 16.2. The van der Waals surface area contributed by atoms with E-state index in [0.29, 0.717) is 5.75 Å². The van der Waals surface area contributed by atoms with Gasteiger partial charge in [-0.2, -0.15) is 0 Å². The number of rotatable bonds is 5. The number of benzene rings is 2. The Morgan fingerprint density at radius 2 is 1.78 bits per heavy atom. The first-order valence-electron chi connectivity index (χ1n) is 6.54. The normalized spacial score (nSPS) is 10.0. The zero-order valence-electron chi connectivity index (χ0n) is 12.5. The lowest BCUT2D eigenvalue weighted by Crippen LogP contribution is -2.16. The van der Waals surface area contributed by atoms with Crippen LogP contribution in [0, 0.1) is 0 Å². The standard InChI is InChI=1S/C16H15NO6/c1-22-10-4-5-11(14(8-10)23-2)15(19)17-13-6-3-9(18)7-12(13)16(20)21/h3-8,18H,1-2H3,(H,17,19)(H,20,21)/p-1. The van der Waals surface area contributed by atoms with E-state index in [9.17, 15) is 14.7 Å². The molecule has 1 amide bonds. The average molecular weight is 316 g/mol. The van der Waals surface area contributed by atoms with Crippen molar-refractivity contribution in [2.75, 3.05) is 19.5 Å². The predicted octanol–water partition coefficient (Wildman–Crippen LogP) is 1.73. The Bertz CT molecular complexity index is 756. The molecule has 23 heavy (non-hydrogen) atoms. The van der Waals surface area contributed by atoms with Crippen LogP contribution in [-0.2, 0) is 0 Å². The monoisotopic (exact) mass is 316 g/mol. The molecule has 0 saturated heterocycles. The number of methoxy groups -OCH3 is 2. The number of carbonyl (C=O) groups excluding carboxylic acids is 1. The predicted molar refractivity (Wildman–Crippen MR) is 80.3 cm³/mol. The van der Waals surface area contributed by atoms with Crippen molar-refractivity contribution in [2.45, 2.75) is 0 Å². The summed E-state index contributed by atoms with van der Waals surface area (Å²) in [5.41, 5.74) is -0.0471. The number of anilines is 1. The summed E-state index contributed by atoms with van der Waals surface area (Å²) in [6.45, 7) is 0. The van der Waals surface area contributed by atoms with Gasteiger partial charge in [-0.3, -0.25) is 4.79 Å². The minimum Gasteiger partial charge on any atom is -0.872 e. The lowest BCUT2D eigenvalue weighted by atomic mass is 10.1. The fraction of sp³-hybridized carbons (Fsp3) is 0.125. The molecule has 2 aromatic carbocycles. The van der Waals surface area contributed by atoms with Crippen molar-refractivity contribution in [1.29, 1.82) is 0 Å². The Hall–Kier alpha value is -3.22. The van der Waals surface area contributed by atoms with Gasteiger partial charge >= 0.3 is 5.97 Å². The number of ether oxygens (including phenoxy) is 2. The van der Waals surface area contributed by atoms with Crippen LogP contribution in [0.15, 0.2) is 36.4 Å². The van der Waals surface area contributed by atoms with E-state index in [1.807, 2.05) is 0 Å². The molecule has 0 bridgehead atoms. The Morgan fingerprint density at radius 3 is 2.39 bits per heavy atom. The second kappa shape index (κ2) is 6.69. The van der Waals surface area contributed by atoms with E-state index in [-0.39, 0.29) is 22.6 Å². The topological polar surface area (TPSA) is 108 Å². The third kappa shape index (κ3) is 3.52. The van der Waals surface area contributed by atoms with Crippen molar-refractivity contribution in [3.63, 3.8) is 0 Å².